The van der Waals surface area contributed by atoms with Crippen molar-refractivity contribution in [2.24, 2.45) is 5.92 Å². The van der Waals surface area contributed by atoms with Crippen molar-refractivity contribution in [3.8, 4) is 0 Å². The molecule has 1 heterocycles. The maximum Gasteiger partial charge on any atom is 0.0262 e. The molecule has 1 aromatic carbocycles. The highest BCUT2D eigenvalue weighted by Gasteiger charge is 2.31. The molecule has 0 radical (unpaired) electrons. The summed E-state index contributed by atoms with van der Waals surface area (Å²) in [5.41, 5.74) is 1.47. The molecule has 2 aliphatic rings. The lowest BCUT2D eigenvalue weighted by molar-refractivity contribution is 0.0346. The maximum absolute atomic E-state index is 3.45. The smallest absolute Gasteiger partial charge is 0.0262 e. The molecule has 1 aliphatic carbocycles. The van der Waals surface area contributed by atoms with Crippen molar-refractivity contribution in [3.05, 3.63) is 35.9 Å². The quantitative estimate of drug-likeness (QED) is 0.725. The zero-order valence-corrected chi connectivity index (χ0v) is 17.0. The summed E-state index contributed by atoms with van der Waals surface area (Å²) in [5, 5.41) is 3.45. The number of nitrogens with zero attached hydrogens (tertiary/aromatic N) is 2. The van der Waals surface area contributed by atoms with E-state index in [2.05, 4.69) is 59.4 Å². The predicted molar refractivity (Wildman–Crippen MR) is 112 cm³/mol. The van der Waals surface area contributed by atoms with Crippen LogP contribution in [-0.2, 0) is 6.42 Å². The molecule has 1 N–H and O–H groups in total. The molecule has 1 saturated carbocycles. The fourth-order valence-corrected chi connectivity index (χ4v) is 5.07. The van der Waals surface area contributed by atoms with Crippen LogP contribution in [0.5, 0.6) is 0 Å². The summed E-state index contributed by atoms with van der Waals surface area (Å²) in [6.07, 6.45) is 9.67. The van der Waals surface area contributed by atoms with Gasteiger partial charge in [-0.1, -0.05) is 56.5 Å². The first kappa shape index (κ1) is 19.9. The number of nitrogens with one attached hydrogen (secondary N) is 1. The van der Waals surface area contributed by atoms with E-state index in [4.69, 9.17) is 0 Å². The highest BCUT2D eigenvalue weighted by molar-refractivity contribution is 5.16. The molecule has 0 aromatic heterocycles. The Morgan fingerprint density at radius 3 is 2.58 bits per heavy atom. The molecule has 1 saturated heterocycles. The summed E-state index contributed by atoms with van der Waals surface area (Å²) >= 11 is 0. The molecule has 3 heteroatoms. The number of piperazine rings is 1. The standard InChI is InChI=1S/C23H39N3/c1-3-9-22-19-26(15-14-25(22)18-21-12-7-8-13-21)23(17-24-2)16-20-10-5-4-6-11-20/h4-6,10-11,21-24H,3,7-9,12-19H2,1-2H3/t22-,23+/m1/s1. The van der Waals surface area contributed by atoms with Gasteiger partial charge in [0.05, 0.1) is 0 Å². The van der Waals surface area contributed by atoms with Crippen molar-refractivity contribution in [2.45, 2.75) is 64.0 Å². The molecule has 3 nitrogen and oxygen atoms in total. The minimum atomic E-state index is 0.607. The summed E-state index contributed by atoms with van der Waals surface area (Å²) in [5.74, 6) is 0.971. The number of hydrogen-bond donors (Lipinski definition) is 1. The van der Waals surface area contributed by atoms with Gasteiger partial charge < -0.3 is 5.32 Å². The molecule has 146 valence electrons. The minimum absolute atomic E-state index is 0.607. The number of hydrogen-bond acceptors (Lipinski definition) is 3. The van der Waals surface area contributed by atoms with Crippen LogP contribution in [0.4, 0.5) is 0 Å². The van der Waals surface area contributed by atoms with Crippen molar-refractivity contribution in [2.75, 3.05) is 39.8 Å². The Balaban J connectivity index is 1.61. The molecular weight excluding hydrogens is 318 g/mol. The van der Waals surface area contributed by atoms with E-state index in [0.717, 1.165) is 24.9 Å². The lowest BCUT2D eigenvalue weighted by atomic mass is 9.98. The van der Waals surface area contributed by atoms with Gasteiger partial charge in [-0.05, 0) is 44.2 Å². The number of likely N-dealkylation sites (N-methyl/N-ethyl adjacent to an activating group) is 1. The van der Waals surface area contributed by atoms with Gasteiger partial charge in [0.15, 0.2) is 0 Å². The zero-order chi connectivity index (χ0) is 18.2. The van der Waals surface area contributed by atoms with Gasteiger partial charge in [-0.15, -0.1) is 0 Å². The Morgan fingerprint density at radius 1 is 1.12 bits per heavy atom. The van der Waals surface area contributed by atoms with Gasteiger partial charge in [0.25, 0.3) is 0 Å². The Bertz CT molecular complexity index is 497. The van der Waals surface area contributed by atoms with E-state index < -0.39 is 0 Å². The fraction of sp³-hybridized carbons (Fsp3) is 0.739. The largest absolute Gasteiger partial charge is 0.318 e. The third-order valence-corrected chi connectivity index (χ3v) is 6.50. The first-order valence-corrected chi connectivity index (χ1v) is 11.0. The van der Waals surface area contributed by atoms with Crippen LogP contribution < -0.4 is 5.32 Å². The van der Waals surface area contributed by atoms with E-state index in [0.29, 0.717) is 6.04 Å². The normalized spacial score (nSPS) is 24.2. The highest BCUT2D eigenvalue weighted by Crippen LogP contribution is 2.28. The third-order valence-electron chi connectivity index (χ3n) is 6.50. The highest BCUT2D eigenvalue weighted by atomic mass is 15.3. The van der Waals surface area contributed by atoms with E-state index in [1.807, 2.05) is 0 Å². The Hall–Kier alpha value is -0.900. The van der Waals surface area contributed by atoms with E-state index in [-0.39, 0.29) is 0 Å². The molecule has 0 bridgehead atoms. The molecule has 26 heavy (non-hydrogen) atoms. The molecule has 0 amide bonds. The molecule has 0 unspecified atom stereocenters. The fourth-order valence-electron chi connectivity index (χ4n) is 5.07. The number of benzene rings is 1. The van der Waals surface area contributed by atoms with Crippen LogP contribution in [0.2, 0.25) is 0 Å². The van der Waals surface area contributed by atoms with Crippen LogP contribution in [0.1, 0.15) is 51.0 Å². The molecular formula is C23H39N3. The molecule has 2 fully saturated rings. The lowest BCUT2D eigenvalue weighted by Gasteiger charge is -2.45. The molecule has 3 rings (SSSR count). The van der Waals surface area contributed by atoms with Gasteiger partial charge in [-0.2, -0.15) is 0 Å². The summed E-state index contributed by atoms with van der Waals surface area (Å²) < 4.78 is 0. The second kappa shape index (κ2) is 10.4. The average molecular weight is 358 g/mol. The first-order chi connectivity index (χ1) is 12.8. The first-order valence-electron chi connectivity index (χ1n) is 11.0. The molecule has 2 atom stereocenters. The van der Waals surface area contributed by atoms with Gasteiger partial charge in [0.2, 0.25) is 0 Å². The summed E-state index contributed by atoms with van der Waals surface area (Å²) in [6, 6.07) is 12.4. The summed E-state index contributed by atoms with van der Waals surface area (Å²) in [7, 11) is 2.10. The van der Waals surface area contributed by atoms with E-state index in [9.17, 15) is 0 Å². The van der Waals surface area contributed by atoms with Gasteiger partial charge in [-0.3, -0.25) is 9.80 Å². The minimum Gasteiger partial charge on any atom is -0.318 e. The van der Waals surface area contributed by atoms with Gasteiger partial charge in [0.1, 0.15) is 0 Å². The lowest BCUT2D eigenvalue weighted by Crippen LogP contribution is -2.58. The topological polar surface area (TPSA) is 18.5 Å². The van der Waals surface area contributed by atoms with Crippen LogP contribution in [0.15, 0.2) is 30.3 Å². The van der Waals surface area contributed by atoms with Crippen molar-refractivity contribution >= 4 is 0 Å². The van der Waals surface area contributed by atoms with Crippen LogP contribution in [0.3, 0.4) is 0 Å². The van der Waals surface area contributed by atoms with Crippen molar-refractivity contribution in [1.29, 1.82) is 0 Å². The van der Waals surface area contributed by atoms with Crippen molar-refractivity contribution in [3.63, 3.8) is 0 Å². The van der Waals surface area contributed by atoms with E-state index in [1.165, 1.54) is 70.3 Å². The average Bonchev–Trinajstić information content (AvgIpc) is 3.17. The van der Waals surface area contributed by atoms with Gasteiger partial charge >= 0.3 is 0 Å². The van der Waals surface area contributed by atoms with Gasteiger partial charge in [0, 0.05) is 44.8 Å². The monoisotopic (exact) mass is 357 g/mol. The maximum atomic E-state index is 3.45. The second-order valence-corrected chi connectivity index (χ2v) is 8.48. The summed E-state index contributed by atoms with van der Waals surface area (Å²) in [6.45, 7) is 8.52. The van der Waals surface area contributed by atoms with Crippen LogP contribution in [0.25, 0.3) is 0 Å². The van der Waals surface area contributed by atoms with Crippen LogP contribution in [0, 0.1) is 5.92 Å². The molecule has 1 aliphatic heterocycles. The number of rotatable bonds is 9. The summed E-state index contributed by atoms with van der Waals surface area (Å²) in [4.78, 5) is 5.61. The van der Waals surface area contributed by atoms with Gasteiger partial charge in [-0.25, -0.2) is 0 Å². The Kier molecular flexibility index (Phi) is 7.97. The van der Waals surface area contributed by atoms with E-state index >= 15 is 0 Å². The SMILES string of the molecule is CCC[C@@H]1CN([C@H](CNC)Cc2ccccc2)CCN1CC1CCCC1. The molecule has 1 aromatic rings. The van der Waals surface area contributed by atoms with Crippen molar-refractivity contribution in [1.82, 2.24) is 15.1 Å². The predicted octanol–water partition coefficient (Wildman–Crippen LogP) is 3.79. The third kappa shape index (κ3) is 5.55. The Labute approximate surface area is 161 Å². The molecule has 0 spiro atoms. The van der Waals surface area contributed by atoms with E-state index in [1.54, 1.807) is 0 Å². The van der Waals surface area contributed by atoms with Crippen LogP contribution in [-0.4, -0.2) is 61.7 Å². The van der Waals surface area contributed by atoms with Crippen LogP contribution >= 0.6 is 0 Å². The Morgan fingerprint density at radius 2 is 1.88 bits per heavy atom. The second-order valence-electron chi connectivity index (χ2n) is 8.48. The zero-order valence-electron chi connectivity index (χ0n) is 17.0. The van der Waals surface area contributed by atoms with Crippen molar-refractivity contribution < 1.29 is 0 Å².